The van der Waals surface area contributed by atoms with Gasteiger partial charge in [0.15, 0.2) is 0 Å². The molecule has 2 fully saturated rings. The van der Waals surface area contributed by atoms with Gasteiger partial charge in [-0.2, -0.15) is 0 Å². The maximum atomic E-state index is 5.40. The molecule has 0 amide bonds. The average Bonchev–Trinajstić information content (AvgIpc) is 2.47. The van der Waals surface area contributed by atoms with Crippen LogP contribution in [0.3, 0.4) is 0 Å². The molecule has 0 radical (unpaired) electrons. The molecule has 2 saturated heterocycles. The summed E-state index contributed by atoms with van der Waals surface area (Å²) in [6.07, 6.45) is 4.03. The highest BCUT2D eigenvalue weighted by molar-refractivity contribution is 4.76. The molecule has 0 aromatic heterocycles. The van der Waals surface area contributed by atoms with Crippen LogP contribution in [0.5, 0.6) is 0 Å². The largest absolute Gasteiger partial charge is 0.379 e. The van der Waals surface area contributed by atoms with E-state index in [4.69, 9.17) is 4.74 Å². The highest BCUT2D eigenvalue weighted by atomic mass is 16.5. The van der Waals surface area contributed by atoms with E-state index in [1.807, 2.05) is 0 Å². The number of rotatable bonds is 7. The Bertz CT molecular complexity index is 231. The van der Waals surface area contributed by atoms with Gasteiger partial charge in [-0.3, -0.25) is 4.90 Å². The molecular formula is C15H31N3O. The van der Waals surface area contributed by atoms with Crippen LogP contribution in [0.15, 0.2) is 0 Å². The van der Waals surface area contributed by atoms with Gasteiger partial charge in [-0.05, 0) is 44.8 Å². The van der Waals surface area contributed by atoms with Crippen LogP contribution in [-0.4, -0.2) is 75.4 Å². The van der Waals surface area contributed by atoms with Crippen LogP contribution in [0.2, 0.25) is 0 Å². The van der Waals surface area contributed by atoms with E-state index >= 15 is 0 Å². The first-order valence-electron chi connectivity index (χ1n) is 8.11. The number of piperidine rings is 1. The summed E-state index contributed by atoms with van der Waals surface area (Å²) in [7, 11) is 0. The van der Waals surface area contributed by atoms with Crippen molar-refractivity contribution >= 4 is 0 Å². The third kappa shape index (κ3) is 5.78. The second-order valence-corrected chi connectivity index (χ2v) is 5.97. The smallest absolute Gasteiger partial charge is 0.0594 e. The Kier molecular flexibility index (Phi) is 7.14. The first-order chi connectivity index (χ1) is 9.38. The van der Waals surface area contributed by atoms with E-state index in [0.717, 1.165) is 32.2 Å². The summed E-state index contributed by atoms with van der Waals surface area (Å²) in [6.45, 7) is 13.8. The molecule has 112 valence electrons. The van der Waals surface area contributed by atoms with Crippen LogP contribution in [0.1, 0.15) is 26.2 Å². The molecule has 2 heterocycles. The highest BCUT2D eigenvalue weighted by Crippen LogP contribution is 2.15. The molecule has 0 aromatic carbocycles. The molecule has 4 nitrogen and oxygen atoms in total. The predicted octanol–water partition coefficient (Wildman–Crippen LogP) is 1.03. The molecule has 19 heavy (non-hydrogen) atoms. The molecule has 1 unspecified atom stereocenters. The number of likely N-dealkylation sites (tertiary alicyclic amines) is 1. The van der Waals surface area contributed by atoms with Gasteiger partial charge < -0.3 is 15.0 Å². The fourth-order valence-electron chi connectivity index (χ4n) is 3.11. The van der Waals surface area contributed by atoms with Crippen molar-refractivity contribution in [3.63, 3.8) is 0 Å². The Morgan fingerprint density at radius 3 is 2.68 bits per heavy atom. The molecule has 0 aromatic rings. The van der Waals surface area contributed by atoms with Crippen molar-refractivity contribution in [2.75, 3.05) is 65.6 Å². The quantitative estimate of drug-likeness (QED) is 0.699. The number of hydrogen-bond acceptors (Lipinski definition) is 4. The van der Waals surface area contributed by atoms with E-state index in [9.17, 15) is 0 Å². The summed E-state index contributed by atoms with van der Waals surface area (Å²) in [4.78, 5) is 5.21. The zero-order chi connectivity index (χ0) is 13.3. The third-order valence-electron chi connectivity index (χ3n) is 4.30. The number of hydrogen-bond donors (Lipinski definition) is 1. The third-order valence-corrected chi connectivity index (χ3v) is 4.30. The zero-order valence-corrected chi connectivity index (χ0v) is 12.6. The van der Waals surface area contributed by atoms with Gasteiger partial charge in [0, 0.05) is 32.7 Å². The Balaban J connectivity index is 1.60. The molecule has 0 spiro atoms. The predicted molar refractivity (Wildman–Crippen MR) is 79.6 cm³/mol. The normalized spacial score (nSPS) is 26.7. The summed E-state index contributed by atoms with van der Waals surface area (Å²) in [6, 6.07) is 0. The summed E-state index contributed by atoms with van der Waals surface area (Å²) in [5.41, 5.74) is 0. The van der Waals surface area contributed by atoms with Gasteiger partial charge >= 0.3 is 0 Å². The lowest BCUT2D eigenvalue weighted by molar-refractivity contribution is 0.0308. The van der Waals surface area contributed by atoms with Crippen LogP contribution in [-0.2, 0) is 4.74 Å². The summed E-state index contributed by atoms with van der Waals surface area (Å²) in [5.74, 6) is 0.866. The van der Waals surface area contributed by atoms with Crippen molar-refractivity contribution in [1.29, 1.82) is 0 Å². The van der Waals surface area contributed by atoms with Crippen molar-refractivity contribution in [3.8, 4) is 0 Å². The summed E-state index contributed by atoms with van der Waals surface area (Å²) >= 11 is 0. The molecule has 0 bridgehead atoms. The number of morpholine rings is 1. The van der Waals surface area contributed by atoms with Gasteiger partial charge in [-0.15, -0.1) is 0 Å². The van der Waals surface area contributed by atoms with Gasteiger partial charge in [-0.25, -0.2) is 0 Å². The van der Waals surface area contributed by atoms with E-state index < -0.39 is 0 Å². The minimum atomic E-state index is 0.866. The number of nitrogens with one attached hydrogen (secondary N) is 1. The van der Waals surface area contributed by atoms with Crippen molar-refractivity contribution in [1.82, 2.24) is 15.1 Å². The van der Waals surface area contributed by atoms with Crippen LogP contribution < -0.4 is 5.32 Å². The first-order valence-corrected chi connectivity index (χ1v) is 8.11. The fourth-order valence-corrected chi connectivity index (χ4v) is 3.11. The van der Waals surface area contributed by atoms with Crippen LogP contribution in [0, 0.1) is 5.92 Å². The molecule has 2 aliphatic heterocycles. The molecule has 4 heteroatoms. The lowest BCUT2D eigenvalue weighted by Crippen LogP contribution is -2.45. The Hall–Kier alpha value is -0.160. The lowest BCUT2D eigenvalue weighted by Gasteiger charge is -2.35. The van der Waals surface area contributed by atoms with Crippen molar-refractivity contribution in [2.45, 2.75) is 26.2 Å². The fraction of sp³-hybridized carbons (Fsp3) is 1.00. The molecule has 0 aliphatic carbocycles. The average molecular weight is 269 g/mol. The van der Waals surface area contributed by atoms with E-state index in [0.29, 0.717) is 0 Å². The number of nitrogens with zero attached hydrogens (tertiary/aromatic N) is 2. The van der Waals surface area contributed by atoms with Crippen molar-refractivity contribution < 1.29 is 4.74 Å². The maximum Gasteiger partial charge on any atom is 0.0594 e. The Morgan fingerprint density at radius 2 is 1.89 bits per heavy atom. The maximum absolute atomic E-state index is 5.40. The van der Waals surface area contributed by atoms with E-state index in [-0.39, 0.29) is 0 Å². The highest BCUT2D eigenvalue weighted by Gasteiger charge is 2.20. The first kappa shape index (κ1) is 15.2. The number of ether oxygens (including phenoxy) is 1. The van der Waals surface area contributed by atoms with E-state index in [2.05, 4.69) is 22.0 Å². The summed E-state index contributed by atoms with van der Waals surface area (Å²) in [5, 5.41) is 3.58. The standard InChI is InChI=1S/C15H31N3O/c1-2-5-16-13-15-4-3-6-18(14-15)8-7-17-9-11-19-12-10-17/h15-16H,2-14H2,1H3. The molecule has 1 N–H and O–H groups in total. The van der Waals surface area contributed by atoms with Crippen LogP contribution >= 0.6 is 0 Å². The topological polar surface area (TPSA) is 27.7 Å². The van der Waals surface area contributed by atoms with Crippen molar-refractivity contribution in [3.05, 3.63) is 0 Å². The molecule has 2 aliphatic rings. The second kappa shape index (κ2) is 8.90. The molecule has 2 rings (SSSR count). The lowest BCUT2D eigenvalue weighted by atomic mass is 9.98. The van der Waals surface area contributed by atoms with Crippen molar-refractivity contribution in [2.24, 2.45) is 5.92 Å². The van der Waals surface area contributed by atoms with Gasteiger partial charge in [-0.1, -0.05) is 6.92 Å². The van der Waals surface area contributed by atoms with E-state index in [1.165, 1.54) is 58.5 Å². The van der Waals surface area contributed by atoms with Gasteiger partial charge in [0.25, 0.3) is 0 Å². The van der Waals surface area contributed by atoms with Crippen LogP contribution in [0.25, 0.3) is 0 Å². The monoisotopic (exact) mass is 269 g/mol. The van der Waals surface area contributed by atoms with Gasteiger partial charge in [0.2, 0.25) is 0 Å². The SMILES string of the molecule is CCCNCC1CCCN(CCN2CCOCC2)C1. The minimum Gasteiger partial charge on any atom is -0.379 e. The molecular weight excluding hydrogens is 238 g/mol. The van der Waals surface area contributed by atoms with E-state index in [1.54, 1.807) is 0 Å². The Labute approximate surface area is 118 Å². The van der Waals surface area contributed by atoms with Crippen LogP contribution in [0.4, 0.5) is 0 Å². The summed E-state index contributed by atoms with van der Waals surface area (Å²) < 4.78 is 5.40. The Morgan fingerprint density at radius 1 is 1.11 bits per heavy atom. The minimum absolute atomic E-state index is 0.866. The zero-order valence-electron chi connectivity index (χ0n) is 12.6. The second-order valence-electron chi connectivity index (χ2n) is 5.97. The van der Waals surface area contributed by atoms with Gasteiger partial charge in [0.05, 0.1) is 13.2 Å². The molecule has 1 atom stereocenters. The van der Waals surface area contributed by atoms with Gasteiger partial charge in [0.1, 0.15) is 0 Å². The molecule has 0 saturated carbocycles.